The molecule has 1 aliphatic rings. The Hall–Kier alpha value is -2.31. The molecule has 2 rings (SSSR count). The predicted molar refractivity (Wildman–Crippen MR) is 58.3 cm³/mol. The summed E-state index contributed by atoms with van der Waals surface area (Å²) in [7, 11) is 0. The Morgan fingerprint density at radius 2 is 2.17 bits per heavy atom. The Labute approximate surface area is 101 Å². The van der Waals surface area contributed by atoms with Gasteiger partial charge in [-0.2, -0.15) is 4.39 Å². The van der Waals surface area contributed by atoms with Gasteiger partial charge in [-0.15, -0.1) is 0 Å². The van der Waals surface area contributed by atoms with E-state index in [1.54, 1.807) is 0 Å². The lowest BCUT2D eigenvalue weighted by Gasteiger charge is -2.13. The first-order valence-electron chi connectivity index (χ1n) is 5.29. The molecule has 0 unspecified atom stereocenters. The van der Waals surface area contributed by atoms with Crippen LogP contribution in [0.4, 0.5) is 10.1 Å². The molecule has 1 aliphatic heterocycles. The van der Waals surface area contributed by atoms with Gasteiger partial charge in [0.05, 0.1) is 4.92 Å². The van der Waals surface area contributed by atoms with E-state index in [1.165, 1.54) is 0 Å². The van der Waals surface area contributed by atoms with Crippen LogP contribution in [-0.4, -0.2) is 28.2 Å². The first-order valence-corrected chi connectivity index (χ1v) is 5.29. The van der Waals surface area contributed by atoms with Crippen LogP contribution in [0.5, 0.6) is 0 Å². The summed E-state index contributed by atoms with van der Waals surface area (Å²) in [6.45, 7) is 0.302. The van der Waals surface area contributed by atoms with Crippen LogP contribution in [0.1, 0.15) is 23.2 Å². The molecule has 0 aliphatic carbocycles. The number of benzene rings is 1. The van der Waals surface area contributed by atoms with Crippen LogP contribution in [-0.2, 0) is 4.79 Å². The average molecular weight is 252 g/mol. The molecular formula is C11H9FN2O4. The number of hydrogen-bond acceptors (Lipinski definition) is 4. The van der Waals surface area contributed by atoms with Crippen LogP contribution < -0.4 is 0 Å². The molecule has 0 aromatic heterocycles. The van der Waals surface area contributed by atoms with Crippen molar-refractivity contribution in [3.63, 3.8) is 0 Å². The summed E-state index contributed by atoms with van der Waals surface area (Å²) in [5.74, 6) is -2.01. The molecule has 6 nitrogen and oxygen atoms in total. The van der Waals surface area contributed by atoms with Gasteiger partial charge in [-0.3, -0.25) is 24.6 Å². The van der Waals surface area contributed by atoms with Gasteiger partial charge in [0.25, 0.3) is 5.91 Å². The summed E-state index contributed by atoms with van der Waals surface area (Å²) in [5, 5.41) is 10.4. The van der Waals surface area contributed by atoms with Gasteiger partial charge in [0.15, 0.2) is 0 Å². The van der Waals surface area contributed by atoms with Crippen molar-refractivity contribution in [2.45, 2.75) is 12.8 Å². The molecule has 0 radical (unpaired) electrons. The molecule has 1 saturated heterocycles. The van der Waals surface area contributed by atoms with E-state index in [2.05, 4.69) is 0 Å². The number of nitrogens with zero attached hydrogens (tertiary/aromatic N) is 2. The lowest BCUT2D eigenvalue weighted by Crippen LogP contribution is -2.31. The minimum absolute atomic E-state index is 0.0617. The van der Waals surface area contributed by atoms with Gasteiger partial charge in [0.2, 0.25) is 11.7 Å². The van der Waals surface area contributed by atoms with Gasteiger partial charge in [-0.05, 0) is 18.6 Å². The van der Waals surface area contributed by atoms with Gasteiger partial charge in [-0.25, -0.2) is 0 Å². The van der Waals surface area contributed by atoms with Crippen LogP contribution >= 0.6 is 0 Å². The second-order valence-electron chi connectivity index (χ2n) is 3.88. The Morgan fingerprint density at radius 3 is 2.67 bits per heavy atom. The van der Waals surface area contributed by atoms with E-state index in [4.69, 9.17) is 0 Å². The normalized spacial score (nSPS) is 14.9. The lowest BCUT2D eigenvalue weighted by molar-refractivity contribution is -0.387. The highest BCUT2D eigenvalue weighted by atomic mass is 19.1. The van der Waals surface area contributed by atoms with Crippen LogP contribution in [0.3, 0.4) is 0 Å². The Bertz CT molecular complexity index is 544. The van der Waals surface area contributed by atoms with E-state index < -0.39 is 22.3 Å². The Morgan fingerprint density at radius 1 is 1.44 bits per heavy atom. The SMILES string of the molecule is O=C1CCCN1C(=O)c1ccc([N+](=O)[O-])c(F)c1. The fourth-order valence-corrected chi connectivity index (χ4v) is 1.81. The smallest absolute Gasteiger partial charge is 0.279 e. The number of nitro groups is 1. The zero-order valence-electron chi connectivity index (χ0n) is 9.26. The Kier molecular flexibility index (Phi) is 3.05. The van der Waals surface area contributed by atoms with Crippen molar-refractivity contribution < 1.29 is 18.9 Å². The molecular weight excluding hydrogens is 243 g/mol. The van der Waals surface area contributed by atoms with E-state index in [1.807, 2.05) is 0 Å². The fourth-order valence-electron chi connectivity index (χ4n) is 1.81. The van der Waals surface area contributed by atoms with E-state index in [0.29, 0.717) is 19.4 Å². The molecule has 0 N–H and O–H groups in total. The summed E-state index contributed by atoms with van der Waals surface area (Å²) < 4.78 is 13.3. The highest BCUT2D eigenvalue weighted by Gasteiger charge is 2.28. The summed E-state index contributed by atoms with van der Waals surface area (Å²) in [6, 6.07) is 2.85. The van der Waals surface area contributed by atoms with Crippen LogP contribution in [0, 0.1) is 15.9 Å². The first kappa shape index (κ1) is 12.2. The van der Waals surface area contributed by atoms with Gasteiger partial charge in [0, 0.05) is 24.6 Å². The molecule has 1 heterocycles. The first-order chi connectivity index (χ1) is 8.50. The number of carbonyl (C=O) groups is 2. The third kappa shape index (κ3) is 2.06. The van der Waals surface area contributed by atoms with Crippen molar-refractivity contribution in [3.8, 4) is 0 Å². The maximum absolute atomic E-state index is 13.3. The Balaban J connectivity index is 2.29. The monoisotopic (exact) mass is 252 g/mol. The number of nitro benzene ring substituents is 1. The van der Waals surface area contributed by atoms with Crippen LogP contribution in [0.2, 0.25) is 0 Å². The summed E-state index contributed by atoms with van der Waals surface area (Å²) in [5.41, 5.74) is -0.757. The van der Waals surface area contributed by atoms with E-state index in [-0.39, 0.29) is 11.5 Å². The molecule has 1 aromatic carbocycles. The molecule has 0 spiro atoms. The maximum Gasteiger partial charge on any atom is 0.304 e. The minimum Gasteiger partial charge on any atom is -0.279 e. The molecule has 1 aromatic rings. The van der Waals surface area contributed by atoms with Crippen molar-refractivity contribution in [2.24, 2.45) is 0 Å². The molecule has 94 valence electrons. The van der Waals surface area contributed by atoms with Crippen molar-refractivity contribution in [2.75, 3.05) is 6.54 Å². The highest BCUT2D eigenvalue weighted by molar-refractivity contribution is 6.05. The summed E-state index contributed by atoms with van der Waals surface area (Å²) in [6.07, 6.45) is 0.876. The van der Waals surface area contributed by atoms with Gasteiger partial charge in [-0.1, -0.05) is 0 Å². The highest BCUT2D eigenvalue weighted by Crippen LogP contribution is 2.20. The quantitative estimate of drug-likeness (QED) is 0.453. The maximum atomic E-state index is 13.3. The fraction of sp³-hybridized carbons (Fsp3) is 0.273. The van der Waals surface area contributed by atoms with Crippen molar-refractivity contribution in [1.82, 2.24) is 4.90 Å². The summed E-state index contributed by atoms with van der Waals surface area (Å²) >= 11 is 0. The second-order valence-corrected chi connectivity index (χ2v) is 3.88. The number of imide groups is 1. The van der Waals surface area contributed by atoms with Gasteiger partial charge in [0.1, 0.15) is 0 Å². The van der Waals surface area contributed by atoms with Crippen LogP contribution in [0.25, 0.3) is 0 Å². The minimum atomic E-state index is -1.09. The molecule has 2 amide bonds. The number of likely N-dealkylation sites (tertiary alicyclic amines) is 1. The number of amides is 2. The predicted octanol–water partition coefficient (Wildman–Crippen LogP) is 1.50. The largest absolute Gasteiger partial charge is 0.304 e. The summed E-state index contributed by atoms with van der Waals surface area (Å²) in [4.78, 5) is 33.8. The molecule has 0 bridgehead atoms. The molecule has 18 heavy (non-hydrogen) atoms. The second kappa shape index (κ2) is 4.52. The van der Waals surface area contributed by atoms with Crippen molar-refractivity contribution >= 4 is 17.5 Å². The van der Waals surface area contributed by atoms with E-state index >= 15 is 0 Å². The topological polar surface area (TPSA) is 80.5 Å². The van der Waals surface area contributed by atoms with E-state index in [9.17, 15) is 24.1 Å². The number of hydrogen-bond donors (Lipinski definition) is 0. The van der Waals surface area contributed by atoms with Gasteiger partial charge >= 0.3 is 5.69 Å². The zero-order valence-corrected chi connectivity index (χ0v) is 9.26. The molecule has 0 atom stereocenters. The number of halogens is 1. The van der Waals surface area contributed by atoms with Gasteiger partial charge < -0.3 is 0 Å². The van der Waals surface area contributed by atoms with Crippen LogP contribution in [0.15, 0.2) is 18.2 Å². The lowest BCUT2D eigenvalue weighted by atomic mass is 10.1. The number of rotatable bonds is 2. The molecule has 7 heteroatoms. The third-order valence-electron chi connectivity index (χ3n) is 2.71. The molecule has 1 fully saturated rings. The third-order valence-corrected chi connectivity index (χ3v) is 2.71. The van der Waals surface area contributed by atoms with E-state index in [0.717, 1.165) is 23.1 Å². The van der Waals surface area contributed by atoms with Crippen molar-refractivity contribution in [3.05, 3.63) is 39.7 Å². The number of carbonyl (C=O) groups excluding carboxylic acids is 2. The zero-order chi connectivity index (χ0) is 13.3. The van der Waals surface area contributed by atoms with Crippen molar-refractivity contribution in [1.29, 1.82) is 0 Å². The average Bonchev–Trinajstić information content (AvgIpc) is 2.74. The molecule has 0 saturated carbocycles. The standard InChI is InChI=1S/C11H9FN2O4/c12-8-6-7(3-4-9(8)14(17)18)11(16)13-5-1-2-10(13)15/h3-4,6H,1-2,5H2.